The Hall–Kier alpha value is -1.40. The Morgan fingerprint density at radius 3 is 2.89 bits per heavy atom. The van der Waals surface area contributed by atoms with Gasteiger partial charge < -0.3 is 15.3 Å². The van der Waals surface area contributed by atoms with Gasteiger partial charge in [-0.2, -0.15) is 0 Å². The van der Waals surface area contributed by atoms with Crippen LogP contribution in [0.2, 0.25) is 0 Å². The molecule has 1 heterocycles. The number of carbonyl (C=O) groups excluding carboxylic acids is 1. The summed E-state index contributed by atoms with van der Waals surface area (Å²) in [6.45, 7) is 3.15. The normalized spacial score (nSPS) is 19.3. The molecule has 0 radical (unpaired) electrons. The molecule has 1 atom stereocenters. The van der Waals surface area contributed by atoms with Crippen LogP contribution in [-0.4, -0.2) is 47.6 Å². The molecule has 1 aromatic rings. The maximum absolute atomic E-state index is 12.5. The first-order valence-electron chi connectivity index (χ1n) is 6.01. The highest BCUT2D eigenvalue weighted by Gasteiger charge is 2.32. The van der Waals surface area contributed by atoms with E-state index in [1.165, 1.54) is 4.90 Å². The number of hydrogen-bond donors (Lipinski definition) is 2. The lowest BCUT2D eigenvalue weighted by Crippen LogP contribution is -2.57. The average molecular weight is 327 g/mol. The number of carbonyl (C=O) groups is 2. The van der Waals surface area contributed by atoms with Crippen molar-refractivity contribution in [1.82, 2.24) is 10.2 Å². The Balaban J connectivity index is 2.31. The zero-order chi connectivity index (χ0) is 14.0. The van der Waals surface area contributed by atoms with E-state index in [4.69, 9.17) is 0 Å². The summed E-state index contributed by atoms with van der Waals surface area (Å²) >= 11 is 3.33. The third-order valence-corrected chi connectivity index (χ3v) is 3.71. The van der Waals surface area contributed by atoms with Crippen molar-refractivity contribution >= 4 is 27.8 Å². The molecule has 1 saturated heterocycles. The molecule has 5 nitrogen and oxygen atoms in total. The van der Waals surface area contributed by atoms with Crippen molar-refractivity contribution in [2.24, 2.45) is 0 Å². The molecule has 2 N–H and O–H groups in total. The van der Waals surface area contributed by atoms with Crippen LogP contribution in [0.15, 0.2) is 22.7 Å². The smallest absolute Gasteiger partial charge is 0.327 e. The molecular weight excluding hydrogens is 312 g/mol. The second-order valence-electron chi connectivity index (χ2n) is 4.52. The topological polar surface area (TPSA) is 69.6 Å². The van der Waals surface area contributed by atoms with E-state index in [2.05, 4.69) is 21.2 Å². The summed E-state index contributed by atoms with van der Waals surface area (Å²) in [4.78, 5) is 25.1. The number of carboxylic acids is 1. The van der Waals surface area contributed by atoms with Gasteiger partial charge in [-0.05, 0) is 24.6 Å². The van der Waals surface area contributed by atoms with E-state index in [1.807, 2.05) is 19.1 Å². The van der Waals surface area contributed by atoms with E-state index in [0.717, 1.165) is 10.0 Å². The van der Waals surface area contributed by atoms with Crippen LogP contribution in [-0.2, 0) is 4.79 Å². The standard InChI is InChI=1S/C13H15BrN2O3/c1-8-2-3-9(14)6-10(8)12(17)16-5-4-15-7-11(16)13(18)19/h2-3,6,11,15H,4-5,7H2,1H3,(H,18,19). The maximum Gasteiger partial charge on any atom is 0.327 e. The summed E-state index contributed by atoms with van der Waals surface area (Å²) in [6, 6.07) is 4.63. The van der Waals surface area contributed by atoms with E-state index in [1.54, 1.807) is 6.07 Å². The molecule has 1 aliphatic rings. The van der Waals surface area contributed by atoms with Crippen LogP contribution in [0.1, 0.15) is 15.9 Å². The molecule has 0 bridgehead atoms. The highest BCUT2D eigenvalue weighted by Crippen LogP contribution is 2.19. The van der Waals surface area contributed by atoms with Crippen molar-refractivity contribution < 1.29 is 14.7 Å². The fourth-order valence-corrected chi connectivity index (χ4v) is 2.51. The number of amides is 1. The number of rotatable bonds is 2. The lowest BCUT2D eigenvalue weighted by atomic mass is 10.1. The molecule has 1 fully saturated rings. The highest BCUT2D eigenvalue weighted by atomic mass is 79.9. The summed E-state index contributed by atoms with van der Waals surface area (Å²) in [6.07, 6.45) is 0. The molecule has 1 amide bonds. The van der Waals surface area contributed by atoms with Crippen molar-refractivity contribution in [1.29, 1.82) is 0 Å². The SMILES string of the molecule is Cc1ccc(Br)cc1C(=O)N1CCNCC1C(=O)O. The number of halogens is 1. The minimum atomic E-state index is -0.979. The second kappa shape index (κ2) is 5.71. The Morgan fingerprint density at radius 2 is 2.21 bits per heavy atom. The Kier molecular flexibility index (Phi) is 4.21. The van der Waals surface area contributed by atoms with Crippen LogP contribution < -0.4 is 5.32 Å². The van der Waals surface area contributed by atoms with Crippen LogP contribution in [0.5, 0.6) is 0 Å². The molecule has 0 saturated carbocycles. The van der Waals surface area contributed by atoms with Gasteiger partial charge in [0.2, 0.25) is 0 Å². The summed E-state index contributed by atoms with van der Waals surface area (Å²) < 4.78 is 0.809. The average Bonchev–Trinajstić information content (AvgIpc) is 2.40. The zero-order valence-corrected chi connectivity index (χ0v) is 12.1. The van der Waals surface area contributed by atoms with Crippen molar-refractivity contribution in [2.75, 3.05) is 19.6 Å². The van der Waals surface area contributed by atoms with Crippen molar-refractivity contribution in [3.63, 3.8) is 0 Å². The minimum absolute atomic E-state index is 0.229. The highest BCUT2D eigenvalue weighted by molar-refractivity contribution is 9.10. The largest absolute Gasteiger partial charge is 0.480 e. The number of nitrogens with zero attached hydrogens (tertiary/aromatic N) is 1. The number of aryl methyl sites for hydroxylation is 1. The number of nitrogens with one attached hydrogen (secondary N) is 1. The molecule has 19 heavy (non-hydrogen) atoms. The summed E-state index contributed by atoms with van der Waals surface area (Å²) in [7, 11) is 0. The molecule has 0 spiro atoms. The summed E-state index contributed by atoms with van der Waals surface area (Å²) in [5, 5.41) is 12.2. The van der Waals surface area contributed by atoms with E-state index in [0.29, 0.717) is 18.7 Å². The number of benzene rings is 1. The molecule has 1 unspecified atom stereocenters. The fourth-order valence-electron chi connectivity index (χ4n) is 2.15. The van der Waals surface area contributed by atoms with Gasteiger partial charge in [-0.15, -0.1) is 0 Å². The molecule has 6 heteroatoms. The van der Waals surface area contributed by atoms with E-state index < -0.39 is 12.0 Å². The quantitative estimate of drug-likeness (QED) is 0.858. The van der Waals surface area contributed by atoms with Gasteiger partial charge >= 0.3 is 5.97 Å². The van der Waals surface area contributed by atoms with Gasteiger partial charge in [0.05, 0.1) is 0 Å². The molecule has 1 aliphatic heterocycles. The molecule has 0 aliphatic carbocycles. The zero-order valence-electron chi connectivity index (χ0n) is 10.5. The number of carboxylic acid groups (broad SMARTS) is 1. The van der Waals surface area contributed by atoms with Gasteiger partial charge in [0.25, 0.3) is 5.91 Å². The predicted octanol–water partition coefficient (Wildman–Crippen LogP) is 1.26. The minimum Gasteiger partial charge on any atom is -0.480 e. The fraction of sp³-hybridized carbons (Fsp3) is 0.385. The summed E-state index contributed by atoms with van der Waals surface area (Å²) in [5.41, 5.74) is 1.39. The van der Waals surface area contributed by atoms with E-state index >= 15 is 0 Å². The summed E-state index contributed by atoms with van der Waals surface area (Å²) in [5.74, 6) is -1.21. The molecule has 1 aromatic carbocycles. The van der Waals surface area contributed by atoms with Gasteiger partial charge in [-0.3, -0.25) is 4.79 Å². The van der Waals surface area contributed by atoms with Gasteiger partial charge in [0.1, 0.15) is 6.04 Å². The maximum atomic E-state index is 12.5. The Bertz CT molecular complexity index is 519. The third kappa shape index (κ3) is 2.96. The van der Waals surface area contributed by atoms with Crippen molar-refractivity contribution in [2.45, 2.75) is 13.0 Å². The van der Waals surface area contributed by atoms with Crippen LogP contribution >= 0.6 is 15.9 Å². The molecule has 0 aromatic heterocycles. The molecule has 2 rings (SSSR count). The monoisotopic (exact) mass is 326 g/mol. The van der Waals surface area contributed by atoms with Crippen LogP contribution in [0, 0.1) is 6.92 Å². The Morgan fingerprint density at radius 1 is 1.47 bits per heavy atom. The van der Waals surface area contributed by atoms with Crippen LogP contribution in [0.4, 0.5) is 0 Å². The second-order valence-corrected chi connectivity index (χ2v) is 5.43. The first-order valence-corrected chi connectivity index (χ1v) is 6.80. The number of piperazine rings is 1. The molecule has 102 valence electrons. The van der Waals surface area contributed by atoms with Crippen molar-refractivity contribution in [3.8, 4) is 0 Å². The predicted molar refractivity (Wildman–Crippen MR) is 74.2 cm³/mol. The Labute approximate surface area is 119 Å². The first kappa shape index (κ1) is 14.0. The van der Waals surface area contributed by atoms with Gasteiger partial charge in [-0.1, -0.05) is 22.0 Å². The number of hydrogen-bond acceptors (Lipinski definition) is 3. The third-order valence-electron chi connectivity index (χ3n) is 3.22. The van der Waals surface area contributed by atoms with Crippen molar-refractivity contribution in [3.05, 3.63) is 33.8 Å². The molecular formula is C13H15BrN2O3. The lowest BCUT2D eigenvalue weighted by Gasteiger charge is -2.33. The van der Waals surface area contributed by atoms with Gasteiger partial charge in [0.15, 0.2) is 0 Å². The van der Waals surface area contributed by atoms with Gasteiger partial charge in [0, 0.05) is 29.7 Å². The number of aliphatic carboxylic acids is 1. The van der Waals surface area contributed by atoms with E-state index in [9.17, 15) is 14.7 Å². The van der Waals surface area contributed by atoms with Crippen LogP contribution in [0.3, 0.4) is 0 Å². The van der Waals surface area contributed by atoms with E-state index in [-0.39, 0.29) is 12.5 Å². The lowest BCUT2D eigenvalue weighted by molar-refractivity contribution is -0.142. The van der Waals surface area contributed by atoms with Gasteiger partial charge in [-0.25, -0.2) is 4.79 Å². The van der Waals surface area contributed by atoms with Crippen LogP contribution in [0.25, 0.3) is 0 Å². The first-order chi connectivity index (χ1) is 9.00.